The van der Waals surface area contributed by atoms with Gasteiger partial charge in [-0.1, -0.05) is 88.4 Å². The Morgan fingerprint density at radius 1 is 0.461 bits per heavy atom. The fraction of sp³-hybridized carbons (Fsp3) is 0.236. The average molecular weight is 1320 g/mol. The molecule has 0 saturated heterocycles. The maximum Gasteiger partial charge on any atom is 0.207 e. The van der Waals surface area contributed by atoms with E-state index in [1.807, 2.05) is 86.6 Å². The minimum absolute atomic E-state index is 0.00896. The fourth-order valence-corrected chi connectivity index (χ4v) is 18.4. The predicted octanol–water partition coefficient (Wildman–Crippen LogP) is 15.3. The molecule has 0 amide bonds. The number of aryl methyl sites for hydroxylation is 6. The molecule has 450 valence electrons. The van der Waals surface area contributed by atoms with Gasteiger partial charge in [0.2, 0.25) is 19.7 Å². The predicted molar refractivity (Wildman–Crippen MR) is 348 cm³/mol. The van der Waals surface area contributed by atoms with Crippen LogP contribution in [0.2, 0.25) is 0 Å². The maximum absolute atomic E-state index is 13.2. The Morgan fingerprint density at radius 3 is 1.30 bits per heavy atom. The van der Waals surface area contributed by atoms with Crippen molar-refractivity contribution in [1.29, 1.82) is 15.8 Å². The van der Waals surface area contributed by atoms with Gasteiger partial charge in [-0.05, 0) is 214 Å². The first-order valence-electron chi connectivity index (χ1n) is 28.9. The molecule has 0 fully saturated rings. The van der Waals surface area contributed by atoms with Gasteiger partial charge in [0.25, 0.3) is 0 Å². The van der Waals surface area contributed by atoms with Crippen molar-refractivity contribution in [2.75, 3.05) is 0 Å². The first-order chi connectivity index (χ1) is 42.4. The van der Waals surface area contributed by atoms with Crippen LogP contribution >= 0.6 is 40.3 Å². The summed E-state index contributed by atoms with van der Waals surface area (Å²) in [6.07, 6.45) is 5.89. The van der Waals surface area contributed by atoms with Gasteiger partial charge in [0.05, 0.1) is 60.6 Å². The molecule has 0 spiro atoms. The van der Waals surface area contributed by atoms with Crippen molar-refractivity contribution in [3.8, 4) is 18.2 Å². The molecule has 0 bridgehead atoms. The van der Waals surface area contributed by atoms with Gasteiger partial charge in [0.1, 0.15) is 0 Å². The van der Waals surface area contributed by atoms with Gasteiger partial charge in [-0.2, -0.15) is 15.8 Å². The zero-order chi connectivity index (χ0) is 64.2. The van der Waals surface area contributed by atoms with Crippen LogP contribution in [-0.2, 0) is 51.8 Å². The van der Waals surface area contributed by atoms with Gasteiger partial charge in [-0.15, -0.1) is 12.6 Å². The number of aliphatic hydroxyl groups is 1. The number of benzene rings is 8. The highest BCUT2D eigenvalue weighted by molar-refractivity contribution is 9.10. The molecule has 12 nitrogen and oxygen atoms in total. The van der Waals surface area contributed by atoms with Gasteiger partial charge in [-0.25, -0.2) is 16.8 Å². The Morgan fingerprint density at radius 2 is 0.831 bits per heavy atom. The minimum Gasteiger partial charge on any atom is -0.388 e. The SMILES string of the molecule is Cc1cc(C#N)cc(C)c1S(=O)(=O)c1cccc2c1CCC2=O.Cc1cc(C#N)cc(C)c1S(=O)(=O)c1cccc2c1CC[C@@H]2O.Cc1cc(C#N)cc(C)c1Sc1cccc2c1CCC2=O.O=C1CCc2c(Br)cccc21.O=C1CCc2c(S)cccc21. The molecule has 0 radical (unpaired) electrons. The van der Waals surface area contributed by atoms with Gasteiger partial charge in [0.15, 0.2) is 23.1 Å². The number of carbonyl (C=O) groups excluding carboxylic acids is 4. The molecule has 13 rings (SSSR count). The van der Waals surface area contributed by atoms with Gasteiger partial charge in [-0.3, -0.25) is 19.2 Å². The Kier molecular flexibility index (Phi) is 20.1. The van der Waals surface area contributed by atoms with Crippen molar-refractivity contribution < 1.29 is 41.1 Å². The zero-order valence-corrected chi connectivity index (χ0v) is 54.8. The third-order valence-electron chi connectivity index (χ3n) is 16.4. The number of sulfone groups is 2. The topological polar surface area (TPSA) is 228 Å². The van der Waals surface area contributed by atoms with Crippen molar-refractivity contribution in [3.63, 3.8) is 0 Å². The second kappa shape index (κ2) is 27.4. The van der Waals surface area contributed by atoms with Gasteiger partial charge in [0, 0.05) is 67.1 Å². The number of fused-ring (bicyclic) bond motifs is 5. The van der Waals surface area contributed by atoms with Crippen LogP contribution in [0, 0.1) is 75.5 Å². The summed E-state index contributed by atoms with van der Waals surface area (Å²) in [7, 11) is -7.43. The minimum atomic E-state index is -3.74. The Labute approximate surface area is 538 Å². The molecule has 89 heavy (non-hydrogen) atoms. The lowest BCUT2D eigenvalue weighted by atomic mass is 10.1. The normalized spacial score (nSPS) is 14.7. The second-order valence-electron chi connectivity index (χ2n) is 22.5. The third-order valence-corrected chi connectivity index (χ3v) is 23.3. The van der Waals surface area contributed by atoms with Crippen LogP contribution in [0.5, 0.6) is 0 Å². The van der Waals surface area contributed by atoms with Gasteiger partial charge < -0.3 is 5.11 Å². The van der Waals surface area contributed by atoms with Crippen LogP contribution in [0.15, 0.2) is 166 Å². The molecule has 0 aliphatic heterocycles. The van der Waals surface area contributed by atoms with Crippen LogP contribution in [0.4, 0.5) is 0 Å². The number of rotatable bonds is 6. The lowest BCUT2D eigenvalue weighted by Gasteiger charge is -2.14. The zero-order valence-electron chi connectivity index (χ0n) is 49.9. The number of hydrogen-bond acceptors (Lipinski definition) is 14. The highest BCUT2D eigenvalue weighted by atomic mass is 79.9. The molecule has 8 aromatic rings. The summed E-state index contributed by atoms with van der Waals surface area (Å²) < 4.78 is 53.7. The Bertz CT molecular complexity index is 4510. The summed E-state index contributed by atoms with van der Waals surface area (Å²) >= 11 is 9.40. The van der Waals surface area contributed by atoms with E-state index in [1.165, 1.54) is 16.0 Å². The van der Waals surface area contributed by atoms with E-state index in [0.29, 0.717) is 106 Å². The first kappa shape index (κ1) is 65.4. The molecular formula is C72H62BrN3O9S4. The quantitative estimate of drug-likeness (QED) is 0.148. The summed E-state index contributed by atoms with van der Waals surface area (Å²) in [5, 5.41) is 37.1. The van der Waals surface area contributed by atoms with E-state index in [-0.39, 0.29) is 42.7 Å². The third kappa shape index (κ3) is 13.6. The lowest BCUT2D eigenvalue weighted by molar-refractivity contribution is 0.0986. The average Bonchev–Trinajstić information content (AvgIpc) is 1.78. The van der Waals surface area contributed by atoms with E-state index in [0.717, 1.165) is 66.9 Å². The molecule has 17 heteroatoms. The fourth-order valence-electron chi connectivity index (χ4n) is 12.4. The number of ketones is 4. The standard InChI is InChI=1S/C18H17NO3S.C18H15NO3S.C18H15NOS.C9H7BrO.C9H8OS/c2*1-11-8-13(10-19)9-12(2)18(11)23(21,22)17-5-3-4-14-15(17)6-7-16(14)20;1-11-8-13(10-19)9-12(2)18(11)21-17-5-3-4-14-15(17)6-7-16(14)20;10-8-3-1-2-7-6(8)4-5-9(7)11;10-8-5-4-7-6(8)2-1-3-9(7)11/h3-5,8-9,16,20H,6-7H2,1-2H3;3-5,8-9H,6-7H2,1-2H3;3-5,8-9H,6-7H2,1-2H3;1-3H,4-5H2;1-3,11H,4-5H2/t16-;;;;/m0..../s1. The molecule has 5 aliphatic rings. The van der Waals surface area contributed by atoms with E-state index in [1.54, 1.807) is 100 Å². The van der Waals surface area contributed by atoms with E-state index >= 15 is 0 Å². The molecule has 1 atom stereocenters. The van der Waals surface area contributed by atoms with Crippen molar-refractivity contribution in [2.45, 2.75) is 146 Å². The molecule has 5 aliphatic carbocycles. The smallest absolute Gasteiger partial charge is 0.207 e. The van der Waals surface area contributed by atoms with Crippen LogP contribution < -0.4 is 0 Å². The number of carbonyl (C=O) groups is 4. The maximum atomic E-state index is 13.2. The van der Waals surface area contributed by atoms with Crippen molar-refractivity contribution in [1.82, 2.24) is 0 Å². The summed E-state index contributed by atoms with van der Waals surface area (Å²) in [6.45, 7) is 10.9. The largest absolute Gasteiger partial charge is 0.388 e. The van der Waals surface area contributed by atoms with E-state index in [2.05, 4.69) is 40.7 Å². The van der Waals surface area contributed by atoms with Crippen molar-refractivity contribution >= 4 is 83.1 Å². The molecule has 1 N–H and O–H groups in total. The summed E-state index contributed by atoms with van der Waals surface area (Å²) in [5.74, 6) is 0.781. The first-order valence-corrected chi connectivity index (χ1v) is 33.9. The van der Waals surface area contributed by atoms with Crippen LogP contribution in [-0.4, -0.2) is 45.1 Å². The van der Waals surface area contributed by atoms with Crippen molar-refractivity contribution in [2.24, 2.45) is 0 Å². The molecular weight excluding hydrogens is 1260 g/mol. The highest BCUT2D eigenvalue weighted by Crippen LogP contribution is 2.41. The number of thiol groups is 1. The molecule has 0 unspecified atom stereocenters. The number of nitrogens with zero attached hydrogens (tertiary/aromatic N) is 3. The number of halogens is 1. The van der Waals surface area contributed by atoms with Crippen LogP contribution in [0.25, 0.3) is 0 Å². The molecule has 8 aromatic carbocycles. The number of aliphatic hydroxyl groups excluding tert-OH is 1. The van der Waals surface area contributed by atoms with Gasteiger partial charge >= 0.3 is 0 Å². The second-order valence-corrected chi connectivity index (χ2v) is 28.6. The van der Waals surface area contributed by atoms with E-state index in [4.69, 9.17) is 15.8 Å². The van der Waals surface area contributed by atoms with Crippen LogP contribution in [0.3, 0.4) is 0 Å². The molecule has 0 aromatic heterocycles. The molecule has 0 saturated carbocycles. The lowest BCUT2D eigenvalue weighted by Crippen LogP contribution is -2.10. The highest BCUT2D eigenvalue weighted by Gasteiger charge is 2.33. The van der Waals surface area contributed by atoms with Crippen molar-refractivity contribution in [3.05, 3.63) is 238 Å². The number of hydrogen-bond donors (Lipinski definition) is 2. The molecule has 0 heterocycles. The number of Topliss-reactive ketones (excluding diaryl/α,β-unsaturated/α-hetero) is 4. The summed E-state index contributed by atoms with van der Waals surface area (Å²) in [4.78, 5) is 50.3. The Balaban J connectivity index is 0.000000136. The monoisotopic (exact) mass is 1320 g/mol. The van der Waals surface area contributed by atoms with Crippen LogP contribution in [0.1, 0.15) is 163 Å². The Hall–Kier alpha value is -8.05. The van der Waals surface area contributed by atoms with E-state index in [9.17, 15) is 41.1 Å². The number of nitriles is 3. The van der Waals surface area contributed by atoms with E-state index < -0.39 is 25.8 Å². The summed E-state index contributed by atoms with van der Waals surface area (Å²) in [5.41, 5.74) is 14.7. The summed E-state index contributed by atoms with van der Waals surface area (Å²) in [6, 6.07) is 43.8.